The van der Waals surface area contributed by atoms with Crippen LogP contribution in [0.3, 0.4) is 0 Å². The molecule has 16 heteroatoms. The van der Waals surface area contributed by atoms with Crippen LogP contribution in [0.4, 0.5) is 4.79 Å². The zero-order chi connectivity index (χ0) is 36.2. The number of hydrogen-bond donors (Lipinski definition) is 0. The molecule has 0 aliphatic carbocycles. The third-order valence-electron chi connectivity index (χ3n) is 8.71. The number of aliphatic imine (C=N–C) groups is 1. The summed E-state index contributed by atoms with van der Waals surface area (Å²) < 4.78 is 56.9. The molecule has 50 heavy (non-hydrogen) atoms. The molecule has 0 unspecified atom stereocenters. The Balaban J connectivity index is 1.62. The van der Waals surface area contributed by atoms with Gasteiger partial charge in [0.15, 0.2) is 0 Å². The number of rotatable bonds is 12. The van der Waals surface area contributed by atoms with Crippen LogP contribution in [0.5, 0.6) is 5.75 Å². The van der Waals surface area contributed by atoms with Gasteiger partial charge in [-0.25, -0.2) is 21.6 Å². The summed E-state index contributed by atoms with van der Waals surface area (Å²) in [7, 11) is -4.60. The van der Waals surface area contributed by atoms with Gasteiger partial charge >= 0.3 is 6.03 Å². The lowest BCUT2D eigenvalue weighted by Gasteiger charge is -2.39. The van der Waals surface area contributed by atoms with Gasteiger partial charge in [0, 0.05) is 49.5 Å². The monoisotopic (exact) mass is 765 g/mol. The Morgan fingerprint density at radius 2 is 1.52 bits per heavy atom. The topological polar surface area (TPSA) is 129 Å². The molecule has 0 aromatic heterocycles. The van der Waals surface area contributed by atoms with Crippen LogP contribution in [0.1, 0.15) is 42.1 Å². The Bertz CT molecular complexity index is 1920. The Hall–Kier alpha value is -3.24. The zero-order valence-electron chi connectivity index (χ0n) is 28.3. The van der Waals surface area contributed by atoms with Crippen LogP contribution in [-0.2, 0) is 24.7 Å². The molecule has 2 heterocycles. The van der Waals surface area contributed by atoms with Crippen LogP contribution in [0.25, 0.3) is 0 Å². The third-order valence-corrected chi connectivity index (χ3v) is 11.9. The van der Waals surface area contributed by atoms with Crippen LogP contribution in [0.15, 0.2) is 76.6 Å². The second kappa shape index (κ2) is 16.0. The van der Waals surface area contributed by atoms with E-state index in [9.17, 15) is 21.6 Å². The molecule has 1 fully saturated rings. The lowest BCUT2D eigenvalue weighted by molar-refractivity contribution is -0.0258. The molecule has 1 saturated heterocycles. The summed E-state index contributed by atoms with van der Waals surface area (Å²) >= 11 is 12.6. The van der Waals surface area contributed by atoms with Crippen molar-refractivity contribution < 1.29 is 31.2 Å². The maximum Gasteiger partial charge on any atom is 0.326 e. The summed E-state index contributed by atoms with van der Waals surface area (Å²) in [5.41, 5.74) is 1.88. The van der Waals surface area contributed by atoms with Gasteiger partial charge in [0.25, 0.3) is 10.0 Å². The smallest absolute Gasteiger partial charge is 0.326 e. The highest BCUT2D eigenvalue weighted by Gasteiger charge is 2.45. The summed E-state index contributed by atoms with van der Waals surface area (Å²) in [4.78, 5) is 30.5. The number of urea groups is 1. The Morgan fingerprint density at radius 1 is 0.920 bits per heavy atom. The number of hydroxylamine groups is 1. The number of amidine groups is 1. The molecule has 2 atom stereocenters. The average molecular weight is 767 g/mol. The molecule has 12 nitrogen and oxygen atoms in total. The van der Waals surface area contributed by atoms with Crippen LogP contribution in [0, 0.1) is 0 Å². The van der Waals surface area contributed by atoms with Gasteiger partial charge in [-0.2, -0.15) is 0 Å². The van der Waals surface area contributed by atoms with E-state index in [0.29, 0.717) is 60.5 Å². The van der Waals surface area contributed by atoms with Crippen molar-refractivity contribution in [3.8, 4) is 5.75 Å². The number of piperazine rings is 1. The van der Waals surface area contributed by atoms with Gasteiger partial charge < -0.3 is 9.64 Å². The number of ether oxygens (including phenoxy) is 1. The van der Waals surface area contributed by atoms with Gasteiger partial charge in [0.1, 0.15) is 27.5 Å². The van der Waals surface area contributed by atoms with Crippen molar-refractivity contribution in [1.82, 2.24) is 19.2 Å². The minimum atomic E-state index is -4.08. The van der Waals surface area contributed by atoms with E-state index >= 15 is 0 Å². The van der Waals surface area contributed by atoms with E-state index in [1.165, 1.54) is 32.5 Å². The van der Waals surface area contributed by atoms with Crippen molar-refractivity contribution in [3.63, 3.8) is 0 Å². The minimum absolute atomic E-state index is 0.0731. The molecule has 2 aliphatic heterocycles. The van der Waals surface area contributed by atoms with Gasteiger partial charge in [0.05, 0.1) is 36.0 Å². The van der Waals surface area contributed by atoms with Crippen molar-refractivity contribution in [2.75, 3.05) is 65.5 Å². The SMILES string of the molecule is CCOc1ccc(S(=O)(=O)N(C)OC)cc1C1=N[C@@H](c2ccc(Cl)cc2)[C@@H](c2ccc(Cl)cc2)N1C(=O)N1CCN(CCCS(C)(=O)=O)CC1. The quantitative estimate of drug-likeness (QED) is 0.228. The van der Waals surface area contributed by atoms with Crippen LogP contribution in [0.2, 0.25) is 10.0 Å². The first-order chi connectivity index (χ1) is 23.7. The molecule has 0 radical (unpaired) electrons. The van der Waals surface area contributed by atoms with Gasteiger partial charge in [-0.15, -0.1) is 0 Å². The second-order valence-corrected chi connectivity index (χ2v) is 17.2. The lowest BCUT2D eigenvalue weighted by atomic mass is 9.93. The molecule has 0 spiro atoms. The largest absolute Gasteiger partial charge is 0.493 e. The number of sulfonamides is 1. The fourth-order valence-electron chi connectivity index (χ4n) is 6.09. The molecule has 5 rings (SSSR count). The van der Waals surface area contributed by atoms with Crippen LogP contribution >= 0.6 is 23.2 Å². The Labute approximate surface area is 304 Å². The van der Waals surface area contributed by atoms with E-state index in [1.54, 1.807) is 40.1 Å². The maximum absolute atomic E-state index is 14.9. The number of halogens is 2. The molecule has 0 N–H and O–H groups in total. The molecule has 2 aliphatic rings. The zero-order valence-corrected chi connectivity index (χ0v) is 31.5. The first-order valence-electron chi connectivity index (χ1n) is 16.1. The van der Waals surface area contributed by atoms with Gasteiger partial charge in [-0.3, -0.25) is 19.6 Å². The molecule has 2 amide bonds. The molecule has 0 saturated carbocycles. The number of carbonyl (C=O) groups excluding carboxylic acids is 1. The minimum Gasteiger partial charge on any atom is -0.493 e. The fourth-order valence-corrected chi connectivity index (χ4v) is 8.00. The Kier molecular flexibility index (Phi) is 12.1. The van der Waals surface area contributed by atoms with Crippen molar-refractivity contribution in [3.05, 3.63) is 93.5 Å². The predicted octanol–water partition coefficient (Wildman–Crippen LogP) is 5.29. The summed E-state index contributed by atoms with van der Waals surface area (Å²) in [5.74, 6) is 0.697. The number of hydrogen-bond acceptors (Lipinski definition) is 9. The van der Waals surface area contributed by atoms with Crippen LogP contribution < -0.4 is 4.74 Å². The third kappa shape index (κ3) is 8.61. The Morgan fingerprint density at radius 3 is 2.08 bits per heavy atom. The molecule has 3 aromatic carbocycles. The van der Waals surface area contributed by atoms with E-state index in [0.717, 1.165) is 15.6 Å². The van der Waals surface area contributed by atoms with Crippen molar-refractivity contribution in [2.24, 2.45) is 4.99 Å². The van der Waals surface area contributed by atoms with Crippen molar-refractivity contribution >= 4 is 54.9 Å². The summed E-state index contributed by atoms with van der Waals surface area (Å²) in [6, 6.07) is 17.3. The van der Waals surface area contributed by atoms with Gasteiger partial charge in [-0.1, -0.05) is 51.9 Å². The molecular weight excluding hydrogens is 725 g/mol. The normalized spacial score (nSPS) is 18.8. The highest BCUT2D eigenvalue weighted by Crippen LogP contribution is 2.46. The number of amides is 2. The maximum atomic E-state index is 14.9. The van der Waals surface area contributed by atoms with E-state index in [2.05, 4.69) is 4.90 Å². The van der Waals surface area contributed by atoms with Crippen molar-refractivity contribution in [2.45, 2.75) is 30.3 Å². The van der Waals surface area contributed by atoms with Gasteiger partial charge in [-0.05, 0) is 73.5 Å². The summed E-state index contributed by atoms with van der Waals surface area (Å²) in [5, 5.41) is 1.07. The number of nitrogens with zero attached hydrogens (tertiary/aromatic N) is 5. The number of benzene rings is 3. The lowest BCUT2D eigenvalue weighted by Crippen LogP contribution is -2.54. The standard InChI is InChI=1S/C34H41Cl2N5O7S2/c1-5-48-30-16-15-28(50(45,46)38(2)47-3)23-29(30)33-37-31(24-7-11-26(35)12-8-24)32(25-9-13-27(36)14-10-25)41(33)34(42)40-20-18-39(19-21-40)17-6-22-49(4,43)44/h7-16,23,31-32H,5-6,17-22H2,1-4H3/t31-,32+/m0/s1. The highest BCUT2D eigenvalue weighted by molar-refractivity contribution is 7.90. The molecule has 3 aromatic rings. The van der Waals surface area contributed by atoms with E-state index in [-0.39, 0.29) is 29.1 Å². The van der Waals surface area contributed by atoms with Gasteiger partial charge in [0.2, 0.25) is 0 Å². The summed E-state index contributed by atoms with van der Waals surface area (Å²) in [6.07, 6.45) is 1.74. The van der Waals surface area contributed by atoms with E-state index < -0.39 is 31.9 Å². The predicted molar refractivity (Wildman–Crippen MR) is 194 cm³/mol. The highest BCUT2D eigenvalue weighted by atomic mass is 35.5. The van der Waals surface area contributed by atoms with E-state index in [1.807, 2.05) is 31.2 Å². The average Bonchev–Trinajstić information content (AvgIpc) is 3.48. The number of carbonyl (C=O) groups is 1. The number of sulfone groups is 1. The summed E-state index contributed by atoms with van der Waals surface area (Å²) in [6.45, 7) is 4.60. The molecule has 0 bridgehead atoms. The van der Waals surface area contributed by atoms with Crippen molar-refractivity contribution in [1.29, 1.82) is 0 Å². The first kappa shape index (κ1) is 38.0. The van der Waals surface area contributed by atoms with Crippen LogP contribution in [-0.4, -0.2) is 113 Å². The first-order valence-corrected chi connectivity index (χ1v) is 20.4. The fraction of sp³-hybridized carbons (Fsp3) is 0.412. The van der Waals surface area contributed by atoms with E-state index in [4.69, 9.17) is 37.8 Å². The molecule has 270 valence electrons. The molecular formula is C34H41Cl2N5O7S2. The second-order valence-electron chi connectivity index (χ2n) is 12.1.